The molecule has 0 fully saturated rings. The maximum absolute atomic E-state index is 13.6. The molecule has 4 aromatic rings. The van der Waals surface area contributed by atoms with Crippen molar-refractivity contribution < 1.29 is 9.53 Å². The molecular formula is C22H21N7O2. The second-order valence-electron chi connectivity index (χ2n) is 7.19. The summed E-state index contributed by atoms with van der Waals surface area (Å²) < 4.78 is 7.29. The van der Waals surface area contributed by atoms with Gasteiger partial charge in [0.2, 0.25) is 5.95 Å². The van der Waals surface area contributed by atoms with Gasteiger partial charge in [-0.05, 0) is 42.5 Å². The van der Waals surface area contributed by atoms with Gasteiger partial charge in [-0.15, -0.1) is 0 Å². The van der Waals surface area contributed by atoms with Crippen LogP contribution in [-0.4, -0.2) is 37.7 Å². The van der Waals surface area contributed by atoms with E-state index >= 15 is 0 Å². The Bertz CT molecular complexity index is 1300. The standard InChI is InChI=1S/C22H21N7O2/c1-3-31-18-11-7-6-10-17(18)25-21(30)19-13(2)24-22-26-27-28-29(22)20(19)15-12-23-16-9-5-4-8-14(15)16/h4-12,20,23H,3H2,1-2H3,(H,25,30)(H,24,26,28). The van der Waals surface area contributed by atoms with E-state index < -0.39 is 6.04 Å². The molecule has 1 amide bonds. The molecule has 0 radical (unpaired) electrons. The Morgan fingerprint density at radius 1 is 1.19 bits per heavy atom. The van der Waals surface area contributed by atoms with Crippen molar-refractivity contribution in [3.8, 4) is 5.75 Å². The normalized spacial score (nSPS) is 15.5. The summed E-state index contributed by atoms with van der Waals surface area (Å²) in [7, 11) is 0. The second-order valence-corrected chi connectivity index (χ2v) is 7.19. The fraction of sp³-hybridized carbons (Fsp3) is 0.182. The molecule has 9 nitrogen and oxygen atoms in total. The van der Waals surface area contributed by atoms with Crippen LogP contribution in [0.1, 0.15) is 25.5 Å². The molecule has 5 rings (SSSR count). The third-order valence-electron chi connectivity index (χ3n) is 5.31. The number of H-pyrrole nitrogens is 1. The first kappa shape index (κ1) is 18.9. The van der Waals surface area contributed by atoms with Crippen LogP contribution in [0.5, 0.6) is 5.75 Å². The van der Waals surface area contributed by atoms with Crippen molar-refractivity contribution in [3.63, 3.8) is 0 Å². The van der Waals surface area contributed by atoms with Gasteiger partial charge in [-0.2, -0.15) is 4.68 Å². The molecule has 2 aromatic heterocycles. The molecule has 0 aliphatic carbocycles. The van der Waals surface area contributed by atoms with E-state index in [1.54, 1.807) is 4.68 Å². The van der Waals surface area contributed by atoms with Crippen molar-refractivity contribution in [2.75, 3.05) is 17.2 Å². The predicted molar refractivity (Wildman–Crippen MR) is 117 cm³/mol. The van der Waals surface area contributed by atoms with Gasteiger partial charge < -0.3 is 20.4 Å². The lowest BCUT2D eigenvalue weighted by Crippen LogP contribution is -2.31. The monoisotopic (exact) mass is 415 g/mol. The lowest BCUT2D eigenvalue weighted by molar-refractivity contribution is -0.113. The molecule has 3 heterocycles. The number of amides is 1. The topological polar surface area (TPSA) is 110 Å². The van der Waals surface area contributed by atoms with Crippen LogP contribution < -0.4 is 15.4 Å². The van der Waals surface area contributed by atoms with Gasteiger partial charge in [0.15, 0.2) is 0 Å². The first-order valence-corrected chi connectivity index (χ1v) is 10.0. The van der Waals surface area contributed by atoms with Gasteiger partial charge in [-0.3, -0.25) is 4.79 Å². The van der Waals surface area contributed by atoms with Crippen LogP contribution in [0, 0.1) is 0 Å². The van der Waals surface area contributed by atoms with Crippen LogP contribution in [-0.2, 0) is 4.79 Å². The van der Waals surface area contributed by atoms with E-state index in [1.807, 2.05) is 68.6 Å². The maximum atomic E-state index is 13.6. The van der Waals surface area contributed by atoms with E-state index in [9.17, 15) is 4.79 Å². The number of carbonyl (C=O) groups is 1. The molecule has 2 aromatic carbocycles. The van der Waals surface area contributed by atoms with Crippen LogP contribution >= 0.6 is 0 Å². The summed E-state index contributed by atoms with van der Waals surface area (Å²) in [4.78, 5) is 16.8. The summed E-state index contributed by atoms with van der Waals surface area (Å²) in [5.74, 6) is 0.847. The summed E-state index contributed by atoms with van der Waals surface area (Å²) in [6, 6.07) is 14.8. The van der Waals surface area contributed by atoms with Crippen molar-refractivity contribution in [1.29, 1.82) is 0 Å². The van der Waals surface area contributed by atoms with Crippen LogP contribution in [0.3, 0.4) is 0 Å². The molecule has 1 aliphatic rings. The number of allylic oxidation sites excluding steroid dienone is 1. The minimum atomic E-state index is -0.498. The molecule has 1 aliphatic heterocycles. The molecule has 3 N–H and O–H groups in total. The molecule has 31 heavy (non-hydrogen) atoms. The zero-order valence-electron chi connectivity index (χ0n) is 17.1. The number of nitrogens with zero attached hydrogens (tertiary/aromatic N) is 4. The highest BCUT2D eigenvalue weighted by Gasteiger charge is 2.35. The number of para-hydroxylation sites is 3. The van der Waals surface area contributed by atoms with Gasteiger partial charge >= 0.3 is 0 Å². The number of aromatic amines is 1. The first-order valence-electron chi connectivity index (χ1n) is 10.0. The molecule has 9 heteroatoms. The van der Waals surface area contributed by atoms with Gasteiger partial charge in [-0.25, -0.2) is 0 Å². The molecule has 0 saturated heterocycles. The molecule has 1 unspecified atom stereocenters. The minimum Gasteiger partial charge on any atom is -0.492 e. The van der Waals surface area contributed by atoms with Crippen LogP contribution in [0.2, 0.25) is 0 Å². The molecule has 1 atom stereocenters. The molecule has 156 valence electrons. The maximum Gasteiger partial charge on any atom is 0.255 e. The number of carbonyl (C=O) groups excluding carboxylic acids is 1. The summed E-state index contributed by atoms with van der Waals surface area (Å²) in [6.07, 6.45) is 1.90. The lowest BCUT2D eigenvalue weighted by Gasteiger charge is -2.27. The molecule has 0 spiro atoms. The Labute approximate surface area is 178 Å². The van der Waals surface area contributed by atoms with Crippen LogP contribution in [0.15, 0.2) is 66.0 Å². The third-order valence-corrected chi connectivity index (χ3v) is 5.31. The summed E-state index contributed by atoms with van der Waals surface area (Å²) in [5.41, 5.74) is 3.70. The number of benzene rings is 2. The number of anilines is 2. The zero-order valence-corrected chi connectivity index (χ0v) is 17.1. The number of nitrogens with one attached hydrogen (secondary N) is 3. The third kappa shape index (κ3) is 3.20. The van der Waals surface area contributed by atoms with Crippen molar-refractivity contribution in [1.82, 2.24) is 25.2 Å². The number of hydrogen-bond donors (Lipinski definition) is 3. The number of aromatic nitrogens is 5. The Morgan fingerprint density at radius 3 is 2.87 bits per heavy atom. The Balaban J connectivity index is 1.60. The Morgan fingerprint density at radius 2 is 2.00 bits per heavy atom. The number of tetrazole rings is 1. The predicted octanol–water partition coefficient (Wildman–Crippen LogP) is 3.48. The summed E-state index contributed by atoms with van der Waals surface area (Å²) in [5, 5.41) is 19.2. The van der Waals surface area contributed by atoms with Crippen molar-refractivity contribution in [3.05, 3.63) is 71.6 Å². The number of hydrogen-bond acceptors (Lipinski definition) is 6. The highest BCUT2D eigenvalue weighted by atomic mass is 16.5. The minimum absolute atomic E-state index is 0.256. The highest BCUT2D eigenvalue weighted by molar-refractivity contribution is 6.07. The quantitative estimate of drug-likeness (QED) is 0.460. The fourth-order valence-electron chi connectivity index (χ4n) is 3.96. The van der Waals surface area contributed by atoms with Crippen LogP contribution in [0.25, 0.3) is 10.9 Å². The average Bonchev–Trinajstić information content (AvgIpc) is 3.41. The smallest absolute Gasteiger partial charge is 0.255 e. The Hall–Kier alpha value is -4.14. The molecular weight excluding hydrogens is 394 g/mol. The van der Waals surface area contributed by atoms with E-state index in [-0.39, 0.29) is 5.91 Å². The van der Waals surface area contributed by atoms with Gasteiger partial charge in [0.25, 0.3) is 5.91 Å². The molecule has 0 bridgehead atoms. The van der Waals surface area contributed by atoms with Crippen LogP contribution in [0.4, 0.5) is 11.6 Å². The van der Waals surface area contributed by atoms with Crippen molar-refractivity contribution in [2.24, 2.45) is 0 Å². The van der Waals surface area contributed by atoms with Crippen molar-refractivity contribution in [2.45, 2.75) is 19.9 Å². The highest BCUT2D eigenvalue weighted by Crippen LogP contribution is 2.38. The van der Waals surface area contributed by atoms with E-state index in [2.05, 4.69) is 31.1 Å². The summed E-state index contributed by atoms with van der Waals surface area (Å²) >= 11 is 0. The number of rotatable bonds is 5. The van der Waals surface area contributed by atoms with Gasteiger partial charge in [0.1, 0.15) is 11.8 Å². The fourth-order valence-corrected chi connectivity index (χ4v) is 3.96. The van der Waals surface area contributed by atoms with E-state index in [1.165, 1.54) is 0 Å². The van der Waals surface area contributed by atoms with E-state index in [0.717, 1.165) is 16.5 Å². The second kappa shape index (κ2) is 7.60. The van der Waals surface area contributed by atoms with E-state index in [4.69, 9.17) is 4.74 Å². The van der Waals surface area contributed by atoms with E-state index in [0.29, 0.717) is 35.3 Å². The van der Waals surface area contributed by atoms with Gasteiger partial charge in [0.05, 0.1) is 17.9 Å². The Kier molecular flexibility index (Phi) is 4.62. The SMILES string of the molecule is CCOc1ccccc1NC(=O)C1=C(C)Nc2nnnn2C1c1c[nH]c2ccccc12. The van der Waals surface area contributed by atoms with Crippen molar-refractivity contribution >= 4 is 28.4 Å². The van der Waals surface area contributed by atoms with Gasteiger partial charge in [0, 0.05) is 28.4 Å². The molecule has 0 saturated carbocycles. The first-order chi connectivity index (χ1) is 15.2. The number of ether oxygens (including phenoxy) is 1. The average molecular weight is 415 g/mol. The largest absolute Gasteiger partial charge is 0.492 e. The zero-order chi connectivity index (χ0) is 21.4. The number of fused-ring (bicyclic) bond motifs is 2. The lowest BCUT2D eigenvalue weighted by atomic mass is 9.94. The summed E-state index contributed by atoms with van der Waals surface area (Å²) in [6.45, 7) is 4.26. The van der Waals surface area contributed by atoms with Gasteiger partial charge in [-0.1, -0.05) is 35.4 Å².